The molecule has 2 bridgehead atoms. The molecule has 0 spiro atoms. The van der Waals surface area contributed by atoms with Gasteiger partial charge in [-0.3, -0.25) is 4.79 Å². The third-order valence-electron chi connectivity index (χ3n) is 6.59. The number of carbonyl (C=O) groups excluding carboxylic acids is 1. The van der Waals surface area contributed by atoms with Crippen LogP contribution in [0.4, 0.5) is 26.3 Å². The van der Waals surface area contributed by atoms with Gasteiger partial charge in [-0.05, 0) is 48.3 Å². The van der Waals surface area contributed by atoms with Crippen molar-refractivity contribution >= 4 is 5.97 Å². The van der Waals surface area contributed by atoms with Gasteiger partial charge in [0, 0.05) is 0 Å². The largest absolute Gasteiger partial charge is 0.458 e. The lowest BCUT2D eigenvalue weighted by molar-refractivity contribution is -0.393. The highest BCUT2D eigenvalue weighted by atomic mass is 19.4. The molecule has 0 saturated heterocycles. The molecule has 0 aromatic heterocycles. The van der Waals surface area contributed by atoms with E-state index in [1.54, 1.807) is 0 Å². The maximum atomic E-state index is 13.4. The molecule has 3 nitrogen and oxygen atoms in total. The van der Waals surface area contributed by atoms with E-state index in [1.807, 2.05) is 13.8 Å². The van der Waals surface area contributed by atoms with Gasteiger partial charge in [0.2, 0.25) is 0 Å². The molecule has 164 valence electrons. The minimum absolute atomic E-state index is 0.118. The predicted molar refractivity (Wildman–Crippen MR) is 89.0 cm³/mol. The number of aliphatic hydroxyl groups is 1. The van der Waals surface area contributed by atoms with Crippen LogP contribution in [0.15, 0.2) is 0 Å². The van der Waals surface area contributed by atoms with E-state index in [9.17, 15) is 36.2 Å². The maximum Gasteiger partial charge on any atom is 0.430 e. The Morgan fingerprint density at radius 2 is 1.50 bits per heavy atom. The number of hydrogen-bond acceptors (Lipinski definition) is 3. The van der Waals surface area contributed by atoms with Crippen molar-refractivity contribution in [3.8, 4) is 0 Å². The molecule has 0 aromatic rings. The Balaban J connectivity index is 2.33. The zero-order valence-electron chi connectivity index (χ0n) is 16.6. The van der Waals surface area contributed by atoms with Gasteiger partial charge in [0.25, 0.3) is 5.60 Å². The van der Waals surface area contributed by atoms with E-state index in [1.165, 1.54) is 20.8 Å². The number of hydrogen-bond donors (Lipinski definition) is 1. The first-order chi connectivity index (χ1) is 12.4. The minimum atomic E-state index is -6.04. The Labute approximate surface area is 160 Å². The average Bonchev–Trinajstić information content (AvgIpc) is 3.03. The van der Waals surface area contributed by atoms with Gasteiger partial charge in [-0.1, -0.05) is 34.6 Å². The van der Waals surface area contributed by atoms with Crippen LogP contribution in [0.1, 0.15) is 53.9 Å². The van der Waals surface area contributed by atoms with Gasteiger partial charge >= 0.3 is 18.3 Å². The summed E-state index contributed by atoms with van der Waals surface area (Å²) in [5.41, 5.74) is -6.18. The van der Waals surface area contributed by atoms with Crippen molar-refractivity contribution in [3.63, 3.8) is 0 Å². The zero-order valence-corrected chi connectivity index (χ0v) is 16.6. The second-order valence-corrected chi connectivity index (χ2v) is 9.67. The van der Waals surface area contributed by atoms with Crippen molar-refractivity contribution in [1.82, 2.24) is 0 Å². The molecule has 2 aliphatic carbocycles. The van der Waals surface area contributed by atoms with Crippen LogP contribution in [0.5, 0.6) is 0 Å². The molecular weight excluding hydrogens is 390 g/mol. The summed E-state index contributed by atoms with van der Waals surface area (Å²) < 4.78 is 85.0. The van der Waals surface area contributed by atoms with Crippen LogP contribution in [-0.2, 0) is 9.53 Å². The molecular formula is C19H28F6O3. The molecule has 0 aromatic carbocycles. The summed E-state index contributed by atoms with van der Waals surface area (Å²) in [6.45, 7) is 8.22. The van der Waals surface area contributed by atoms with E-state index in [0.717, 1.165) is 6.42 Å². The highest BCUT2D eigenvalue weighted by Crippen LogP contribution is 2.56. The van der Waals surface area contributed by atoms with Gasteiger partial charge in [-0.25, -0.2) is 0 Å². The molecule has 1 N–H and O–H groups in total. The molecule has 0 amide bonds. The number of fused-ring (bicyclic) bond motifs is 2. The molecule has 0 aliphatic heterocycles. The lowest BCUT2D eigenvalue weighted by Crippen LogP contribution is -2.66. The van der Waals surface area contributed by atoms with E-state index in [0.29, 0.717) is 12.3 Å². The van der Waals surface area contributed by atoms with Crippen molar-refractivity contribution in [1.29, 1.82) is 0 Å². The molecule has 9 heteroatoms. The summed E-state index contributed by atoms with van der Waals surface area (Å²) in [6.07, 6.45) is -14.5. The van der Waals surface area contributed by atoms with Crippen LogP contribution in [-0.4, -0.2) is 35.1 Å². The molecule has 2 aliphatic rings. The molecule has 2 saturated carbocycles. The number of esters is 1. The number of halogens is 6. The molecule has 6 unspecified atom stereocenters. The first kappa shape index (κ1) is 23.3. The summed E-state index contributed by atoms with van der Waals surface area (Å²) in [5.74, 6) is -1.23. The van der Waals surface area contributed by atoms with Gasteiger partial charge in [0.1, 0.15) is 6.10 Å². The summed E-state index contributed by atoms with van der Waals surface area (Å²) in [7, 11) is 0. The minimum Gasteiger partial charge on any atom is -0.458 e. The average molecular weight is 418 g/mol. The normalized spacial score (nSPS) is 32.5. The van der Waals surface area contributed by atoms with Crippen LogP contribution < -0.4 is 0 Å². The van der Waals surface area contributed by atoms with E-state index < -0.39 is 47.8 Å². The third-order valence-corrected chi connectivity index (χ3v) is 6.59. The number of ether oxygens (including phenoxy) is 1. The first-order valence-electron chi connectivity index (χ1n) is 9.46. The highest BCUT2D eigenvalue weighted by molar-refractivity contribution is 5.74. The van der Waals surface area contributed by atoms with E-state index in [4.69, 9.17) is 4.74 Å². The van der Waals surface area contributed by atoms with Crippen LogP contribution in [0.2, 0.25) is 0 Å². The second-order valence-electron chi connectivity index (χ2n) is 9.67. The van der Waals surface area contributed by atoms with Crippen molar-refractivity contribution in [3.05, 3.63) is 0 Å². The fraction of sp³-hybridized carbons (Fsp3) is 0.947. The molecule has 6 atom stereocenters. The molecule has 0 radical (unpaired) electrons. The lowest BCUT2D eigenvalue weighted by atomic mass is 9.75. The monoisotopic (exact) mass is 418 g/mol. The van der Waals surface area contributed by atoms with Crippen molar-refractivity contribution in [2.24, 2.45) is 35.0 Å². The Morgan fingerprint density at radius 1 is 1.00 bits per heavy atom. The van der Waals surface area contributed by atoms with Crippen molar-refractivity contribution in [2.45, 2.75) is 77.9 Å². The Hall–Kier alpha value is -0.990. The Bertz CT molecular complexity index is 576. The number of carbonyl (C=O) groups is 1. The summed E-state index contributed by atoms with van der Waals surface area (Å²) >= 11 is 0. The van der Waals surface area contributed by atoms with Crippen LogP contribution in [0.25, 0.3) is 0 Å². The van der Waals surface area contributed by atoms with E-state index >= 15 is 0 Å². The SMILES string of the molecule is CC1C2CC(C(=O)OC(CC(C)(C)C)C(O)(C(F)(F)F)C(F)(F)F)C(C2)C1C. The fourth-order valence-corrected chi connectivity index (χ4v) is 4.80. The van der Waals surface area contributed by atoms with Crippen LogP contribution in [0.3, 0.4) is 0 Å². The van der Waals surface area contributed by atoms with Crippen molar-refractivity contribution in [2.75, 3.05) is 0 Å². The highest BCUT2D eigenvalue weighted by Gasteiger charge is 2.75. The summed E-state index contributed by atoms with van der Waals surface area (Å²) in [5, 5.41) is 9.80. The van der Waals surface area contributed by atoms with Gasteiger partial charge in [-0.15, -0.1) is 0 Å². The predicted octanol–water partition coefficient (Wildman–Crippen LogP) is 5.12. The molecule has 0 heterocycles. The molecule has 28 heavy (non-hydrogen) atoms. The molecule has 2 fully saturated rings. The smallest absolute Gasteiger partial charge is 0.430 e. The maximum absolute atomic E-state index is 13.4. The molecule has 2 rings (SSSR count). The fourth-order valence-electron chi connectivity index (χ4n) is 4.80. The Morgan fingerprint density at radius 3 is 1.86 bits per heavy atom. The van der Waals surface area contributed by atoms with Gasteiger partial charge < -0.3 is 9.84 Å². The van der Waals surface area contributed by atoms with Gasteiger partial charge in [0.15, 0.2) is 0 Å². The number of alkyl halides is 6. The topological polar surface area (TPSA) is 46.5 Å². The second kappa shape index (κ2) is 7.06. The van der Waals surface area contributed by atoms with E-state index in [2.05, 4.69) is 0 Å². The van der Waals surface area contributed by atoms with Crippen LogP contribution in [0, 0.1) is 35.0 Å². The first-order valence-corrected chi connectivity index (χ1v) is 9.46. The standard InChI is InChI=1S/C19H28F6O3/c1-9-10(2)12-6-11(9)7-13(12)15(26)28-14(8-16(3,4)5)17(27,18(20,21)22)19(23,24)25/h9-14,27H,6-8H2,1-5H3. The number of rotatable bonds is 4. The quantitative estimate of drug-likeness (QED) is 0.509. The van der Waals surface area contributed by atoms with Gasteiger partial charge in [-0.2, -0.15) is 26.3 Å². The zero-order chi connectivity index (χ0) is 21.9. The Kier molecular flexibility index (Phi) is 5.87. The summed E-state index contributed by atoms with van der Waals surface area (Å²) in [6, 6.07) is 0. The van der Waals surface area contributed by atoms with E-state index in [-0.39, 0.29) is 17.8 Å². The third kappa shape index (κ3) is 4.00. The summed E-state index contributed by atoms with van der Waals surface area (Å²) in [4.78, 5) is 12.6. The van der Waals surface area contributed by atoms with Crippen molar-refractivity contribution < 1.29 is 41.0 Å². The van der Waals surface area contributed by atoms with Crippen LogP contribution >= 0.6 is 0 Å². The van der Waals surface area contributed by atoms with Gasteiger partial charge in [0.05, 0.1) is 5.92 Å². The lowest BCUT2D eigenvalue weighted by Gasteiger charge is -2.41.